The van der Waals surface area contributed by atoms with Crippen molar-refractivity contribution in [2.24, 2.45) is 0 Å². The minimum Gasteiger partial charge on any atom is -0.369 e. The molecule has 0 N–H and O–H groups in total. The molecule has 2 bridgehead atoms. The van der Waals surface area contributed by atoms with Gasteiger partial charge in [0.05, 0.1) is 0 Å². The maximum Gasteiger partial charge on any atom is 0.278 e. The van der Waals surface area contributed by atoms with Crippen molar-refractivity contribution in [3.63, 3.8) is 0 Å². The molecule has 0 saturated heterocycles. The molecule has 0 saturated carbocycles. The average molecular weight is 509 g/mol. The number of carbonyl (C=O) groups is 2. The third kappa shape index (κ3) is 3.91. The van der Waals surface area contributed by atoms with E-state index >= 15 is 0 Å². The van der Waals surface area contributed by atoms with Gasteiger partial charge in [0.2, 0.25) is 0 Å². The van der Waals surface area contributed by atoms with Crippen LogP contribution in [0.4, 0.5) is 0 Å². The molecule has 4 aliphatic rings. The topological polar surface area (TPSA) is 40.6 Å². The van der Waals surface area contributed by atoms with Gasteiger partial charge < -0.3 is 4.90 Å². The van der Waals surface area contributed by atoms with Gasteiger partial charge >= 0.3 is 0 Å². The molecule has 1 aliphatic heterocycles. The van der Waals surface area contributed by atoms with Crippen molar-refractivity contribution in [3.05, 3.63) is 117 Å². The fraction of sp³-hybridized carbons (Fsp3) is 0.312. The quantitative estimate of drug-likeness (QED) is 0.347. The van der Waals surface area contributed by atoms with Gasteiger partial charge in [-0.3, -0.25) is 14.5 Å². The van der Waals surface area contributed by atoms with Crippen molar-refractivity contribution in [2.75, 3.05) is 20.6 Å². The Kier molecular flexibility index (Phi) is 6.20. The Morgan fingerprint density at radius 1 is 0.892 bits per heavy atom. The maximum atomic E-state index is 13.1. The van der Waals surface area contributed by atoms with Crippen LogP contribution in [-0.2, 0) is 20.8 Å². The maximum absolute atomic E-state index is 13.1. The normalized spacial score (nSPS) is 21.9. The first kappa shape index (κ1) is 24.1. The highest BCUT2D eigenvalue weighted by Crippen LogP contribution is 2.58. The van der Waals surface area contributed by atoms with Crippen molar-refractivity contribution in [1.82, 2.24) is 9.80 Å². The molecule has 3 aromatic carbocycles. The fourth-order valence-corrected chi connectivity index (χ4v) is 7.82. The largest absolute Gasteiger partial charge is 0.369 e. The number of fused-ring (bicyclic) bond motifs is 1. The van der Waals surface area contributed by atoms with Crippen LogP contribution in [-0.4, -0.2) is 42.3 Å². The van der Waals surface area contributed by atoms with Crippen LogP contribution in [0.1, 0.15) is 59.4 Å². The Balaban J connectivity index is 1.23. The van der Waals surface area contributed by atoms with Crippen LogP contribution in [0.15, 0.2) is 89.5 Å². The van der Waals surface area contributed by atoms with E-state index in [0.717, 1.165) is 31.4 Å². The number of nitrogens with zero attached hydrogens (tertiary/aromatic N) is 2. The van der Waals surface area contributed by atoms with E-state index in [-0.39, 0.29) is 17.2 Å². The van der Waals surface area contributed by atoms with E-state index in [1.807, 2.05) is 30.1 Å². The molecule has 0 radical (unpaired) electrons. The minimum absolute atomic E-state index is 0.0222. The van der Waals surface area contributed by atoms with Gasteiger partial charge in [-0.25, -0.2) is 0 Å². The summed E-state index contributed by atoms with van der Waals surface area (Å²) in [6.45, 7) is 0.729. The molecule has 188 valence electrons. The van der Waals surface area contributed by atoms with Crippen LogP contribution >= 0.6 is 11.8 Å². The van der Waals surface area contributed by atoms with Gasteiger partial charge in [-0.15, -0.1) is 11.8 Å². The lowest BCUT2D eigenvalue weighted by atomic mass is 9.54. The van der Waals surface area contributed by atoms with Crippen LogP contribution in [0.25, 0.3) is 0 Å². The van der Waals surface area contributed by atoms with Crippen LogP contribution in [0.3, 0.4) is 0 Å². The van der Waals surface area contributed by atoms with E-state index in [9.17, 15) is 9.59 Å². The third-order valence-electron chi connectivity index (χ3n) is 8.49. The number of carbonyl (C=O) groups excluding carboxylic acids is 2. The van der Waals surface area contributed by atoms with Crippen LogP contribution in [0, 0.1) is 0 Å². The third-order valence-corrected chi connectivity index (χ3v) is 9.62. The summed E-state index contributed by atoms with van der Waals surface area (Å²) in [6, 6.07) is 28.1. The zero-order valence-corrected chi connectivity index (χ0v) is 22.3. The summed E-state index contributed by atoms with van der Waals surface area (Å²) in [4.78, 5) is 29.9. The summed E-state index contributed by atoms with van der Waals surface area (Å²) in [5.41, 5.74) is 7.65. The SMILES string of the molecule is CN(CCCC12CCC(c3ccccc31)c1ccccc12)C1=C(SCc2ccccc2)C(=O)N(C)C1=O. The van der Waals surface area contributed by atoms with Crippen molar-refractivity contribution in [2.45, 2.75) is 42.8 Å². The Morgan fingerprint density at radius 3 is 2.19 bits per heavy atom. The highest BCUT2D eigenvalue weighted by atomic mass is 32.2. The second-order valence-electron chi connectivity index (χ2n) is 10.5. The molecular weight excluding hydrogens is 476 g/mol. The smallest absolute Gasteiger partial charge is 0.278 e. The predicted octanol–water partition coefficient (Wildman–Crippen LogP) is 6.07. The first-order chi connectivity index (χ1) is 18.0. The lowest BCUT2D eigenvalue weighted by molar-refractivity contribution is -0.136. The second kappa shape index (κ2) is 9.53. The van der Waals surface area contributed by atoms with Crippen LogP contribution < -0.4 is 0 Å². The molecule has 37 heavy (non-hydrogen) atoms. The minimum atomic E-state index is -0.199. The molecule has 0 atom stereocenters. The van der Waals surface area contributed by atoms with E-state index in [2.05, 4.69) is 60.7 Å². The zero-order chi connectivity index (χ0) is 25.6. The Bertz CT molecular complexity index is 1350. The number of likely N-dealkylation sites (N-methyl/N-ethyl adjacent to an activating group) is 2. The highest BCUT2D eigenvalue weighted by Gasteiger charge is 2.47. The van der Waals surface area contributed by atoms with E-state index in [0.29, 0.717) is 22.3 Å². The van der Waals surface area contributed by atoms with Gasteiger partial charge in [-0.2, -0.15) is 0 Å². The van der Waals surface area contributed by atoms with E-state index in [1.54, 1.807) is 7.05 Å². The summed E-state index contributed by atoms with van der Waals surface area (Å²) in [5.74, 6) is 0.775. The van der Waals surface area contributed by atoms with Crippen molar-refractivity contribution < 1.29 is 9.59 Å². The molecule has 0 unspecified atom stereocenters. The predicted molar refractivity (Wildman–Crippen MR) is 149 cm³/mol. The van der Waals surface area contributed by atoms with Crippen LogP contribution in [0.2, 0.25) is 0 Å². The molecule has 0 fully saturated rings. The standard InChI is InChI=1S/C32H32N2O2S/c1-33(28-29(31(36)34(2)30(28)35)37-21-22-11-4-3-5-12-22)20-10-18-32-19-17-23(24-13-6-8-15-26(24)32)25-14-7-9-16-27(25)32/h3-9,11-16,23H,10,17-21H2,1-2H3. The summed E-state index contributed by atoms with van der Waals surface area (Å²) >= 11 is 1.47. The second-order valence-corrected chi connectivity index (χ2v) is 11.5. The van der Waals surface area contributed by atoms with Gasteiger partial charge in [0.1, 0.15) is 10.6 Å². The van der Waals surface area contributed by atoms with E-state index in [4.69, 9.17) is 0 Å². The van der Waals surface area contributed by atoms with Gasteiger partial charge in [-0.05, 0) is 53.5 Å². The first-order valence-electron chi connectivity index (χ1n) is 13.1. The Hall–Kier alpha value is -3.31. The number of rotatable bonds is 8. The summed E-state index contributed by atoms with van der Waals surface area (Å²) in [5, 5.41) is 0. The Morgan fingerprint density at radius 2 is 1.51 bits per heavy atom. The number of thioether (sulfide) groups is 1. The van der Waals surface area contributed by atoms with Gasteiger partial charge in [0, 0.05) is 37.7 Å². The number of benzene rings is 3. The number of hydrogen-bond acceptors (Lipinski definition) is 4. The molecule has 5 heteroatoms. The van der Waals surface area contributed by atoms with Crippen molar-refractivity contribution >= 4 is 23.6 Å². The van der Waals surface area contributed by atoms with Gasteiger partial charge in [0.25, 0.3) is 11.8 Å². The number of hydrogen-bond donors (Lipinski definition) is 0. The molecular formula is C32H32N2O2S. The van der Waals surface area contributed by atoms with E-state index < -0.39 is 0 Å². The monoisotopic (exact) mass is 508 g/mol. The molecule has 1 heterocycles. The molecule has 0 spiro atoms. The van der Waals surface area contributed by atoms with Gasteiger partial charge in [0.15, 0.2) is 0 Å². The average Bonchev–Trinajstić information content (AvgIpc) is 3.16. The fourth-order valence-electron chi connectivity index (χ4n) is 6.68. The zero-order valence-electron chi connectivity index (χ0n) is 21.4. The van der Waals surface area contributed by atoms with Crippen LogP contribution in [0.5, 0.6) is 0 Å². The molecule has 4 nitrogen and oxygen atoms in total. The van der Waals surface area contributed by atoms with Gasteiger partial charge in [-0.1, -0.05) is 78.9 Å². The number of amides is 2. The lowest BCUT2D eigenvalue weighted by Crippen LogP contribution is -2.40. The lowest BCUT2D eigenvalue weighted by Gasteiger charge is -2.50. The molecule has 3 aromatic rings. The molecule has 0 aromatic heterocycles. The highest BCUT2D eigenvalue weighted by molar-refractivity contribution is 8.03. The Labute approximate surface area is 223 Å². The molecule has 3 aliphatic carbocycles. The number of imide groups is 1. The first-order valence-corrected chi connectivity index (χ1v) is 14.1. The summed E-state index contributed by atoms with van der Waals surface area (Å²) in [7, 11) is 3.54. The van der Waals surface area contributed by atoms with Crippen molar-refractivity contribution in [1.29, 1.82) is 0 Å². The molecule has 7 rings (SSSR count). The summed E-state index contributed by atoms with van der Waals surface area (Å²) < 4.78 is 0. The summed E-state index contributed by atoms with van der Waals surface area (Å²) in [6.07, 6.45) is 4.31. The molecule has 2 amide bonds. The van der Waals surface area contributed by atoms with Crippen molar-refractivity contribution in [3.8, 4) is 0 Å². The van der Waals surface area contributed by atoms with E-state index in [1.165, 1.54) is 45.3 Å².